The Morgan fingerprint density at radius 2 is 1.66 bits per heavy atom. The minimum Gasteiger partial charge on any atom is -0.473 e. The number of carbonyl (C=O) groups excluding carboxylic acids is 1. The second-order valence-corrected chi connectivity index (χ2v) is 10.6. The molecule has 3 heterocycles. The van der Waals surface area contributed by atoms with E-state index >= 15 is 0 Å². The smallest absolute Gasteiger partial charge is 0.414 e. The summed E-state index contributed by atoms with van der Waals surface area (Å²) in [4.78, 5) is 33.0. The number of sulfonamides is 1. The molecular weight excluding hydrogens is 464 g/mol. The number of rotatable bonds is 5. The van der Waals surface area contributed by atoms with Crippen LogP contribution in [-0.2, 0) is 19.6 Å². The van der Waals surface area contributed by atoms with Crippen molar-refractivity contribution in [3.63, 3.8) is 0 Å². The maximum atomic E-state index is 12.5. The number of nitrogens with zero attached hydrogens (tertiary/aromatic N) is 2. The predicted molar refractivity (Wildman–Crippen MR) is 108 cm³/mol. The van der Waals surface area contributed by atoms with Gasteiger partial charge >= 0.3 is 11.9 Å². The van der Waals surface area contributed by atoms with Gasteiger partial charge in [0.1, 0.15) is 4.21 Å². The number of hydrogen-bond donors (Lipinski definition) is 2. The van der Waals surface area contributed by atoms with Crippen LogP contribution in [-0.4, -0.2) is 78.3 Å². The Kier molecular flexibility index (Phi) is 8.31. The highest BCUT2D eigenvalue weighted by atomic mass is 35.5. The maximum absolute atomic E-state index is 12.5. The number of aliphatic carboxylic acids is 2. The number of carbonyl (C=O) groups is 3. The molecule has 0 atom stereocenters. The maximum Gasteiger partial charge on any atom is 0.414 e. The molecule has 1 saturated heterocycles. The van der Waals surface area contributed by atoms with E-state index in [0.717, 1.165) is 16.2 Å². The zero-order valence-electron chi connectivity index (χ0n) is 14.9. The molecule has 2 aromatic heterocycles. The number of hydrogen-bond acceptors (Lipinski definition) is 8. The number of halogens is 1. The van der Waals surface area contributed by atoms with Crippen LogP contribution in [0.15, 0.2) is 33.9 Å². The average molecular weight is 481 g/mol. The number of carboxylic acids is 2. The first-order chi connectivity index (χ1) is 13.6. The van der Waals surface area contributed by atoms with Crippen LogP contribution in [0.25, 0.3) is 0 Å². The van der Waals surface area contributed by atoms with Gasteiger partial charge in [-0.3, -0.25) is 9.69 Å². The van der Waals surface area contributed by atoms with E-state index in [9.17, 15) is 13.2 Å². The van der Waals surface area contributed by atoms with E-state index in [1.165, 1.54) is 21.7 Å². The molecule has 29 heavy (non-hydrogen) atoms. The van der Waals surface area contributed by atoms with Crippen LogP contribution in [0.2, 0.25) is 4.34 Å². The van der Waals surface area contributed by atoms with E-state index < -0.39 is 22.0 Å². The summed E-state index contributed by atoms with van der Waals surface area (Å²) in [6, 6.07) is 6.80. The first kappa shape index (κ1) is 23.4. The Labute approximate surface area is 179 Å². The molecule has 1 aliphatic heterocycles. The summed E-state index contributed by atoms with van der Waals surface area (Å²) in [6.07, 6.45) is 0. The molecule has 1 aliphatic rings. The van der Waals surface area contributed by atoms with Gasteiger partial charge in [0.05, 0.1) is 15.8 Å². The van der Waals surface area contributed by atoms with Gasteiger partial charge in [0, 0.05) is 26.2 Å². The summed E-state index contributed by atoms with van der Waals surface area (Å²) in [6.45, 7) is 2.20. The van der Waals surface area contributed by atoms with Crippen molar-refractivity contribution in [1.29, 1.82) is 0 Å². The first-order valence-electron chi connectivity index (χ1n) is 8.12. The van der Waals surface area contributed by atoms with Crippen LogP contribution in [0.5, 0.6) is 0 Å². The van der Waals surface area contributed by atoms with Gasteiger partial charge < -0.3 is 10.2 Å². The lowest BCUT2D eigenvalue weighted by atomic mass is 10.2. The molecule has 0 spiro atoms. The Hall–Kier alpha value is -1.83. The third-order valence-electron chi connectivity index (χ3n) is 3.82. The number of thiophene rings is 2. The molecule has 3 rings (SSSR count). The Morgan fingerprint density at radius 3 is 2.10 bits per heavy atom. The van der Waals surface area contributed by atoms with Gasteiger partial charge in [0.15, 0.2) is 5.78 Å². The summed E-state index contributed by atoms with van der Waals surface area (Å²) in [5.74, 6) is -3.56. The molecule has 0 amide bonds. The fourth-order valence-electron chi connectivity index (χ4n) is 2.41. The SMILES string of the molecule is O=C(CN1CCN(S(=O)(=O)c2ccc(Cl)s2)CC1)c1cccs1.O=C(O)C(=O)O. The minimum absolute atomic E-state index is 0.0846. The normalized spacial score (nSPS) is 15.3. The Morgan fingerprint density at radius 1 is 1.03 bits per heavy atom. The second kappa shape index (κ2) is 10.3. The molecule has 2 N–H and O–H groups in total. The highest BCUT2D eigenvalue weighted by Crippen LogP contribution is 2.28. The predicted octanol–water partition coefficient (Wildman–Crippen LogP) is 1.81. The molecule has 2 aromatic rings. The van der Waals surface area contributed by atoms with E-state index in [0.29, 0.717) is 37.1 Å². The number of piperazine rings is 1. The van der Waals surface area contributed by atoms with Gasteiger partial charge in [-0.1, -0.05) is 17.7 Å². The van der Waals surface area contributed by atoms with Gasteiger partial charge in [-0.15, -0.1) is 22.7 Å². The summed E-state index contributed by atoms with van der Waals surface area (Å²) < 4.78 is 27.2. The third-order valence-corrected chi connectivity index (χ3v) is 8.33. The lowest BCUT2D eigenvalue weighted by Crippen LogP contribution is -2.49. The summed E-state index contributed by atoms with van der Waals surface area (Å²) in [5.41, 5.74) is 0. The summed E-state index contributed by atoms with van der Waals surface area (Å²) >= 11 is 8.32. The molecule has 13 heteroatoms. The third kappa shape index (κ3) is 6.59. The van der Waals surface area contributed by atoms with Crippen molar-refractivity contribution in [3.8, 4) is 0 Å². The topological polar surface area (TPSA) is 132 Å². The fourth-order valence-corrected chi connectivity index (χ4v) is 6.13. The molecular formula is C16H17ClN2O7S3. The van der Waals surface area contributed by atoms with Crippen LogP contribution in [0.4, 0.5) is 0 Å². The largest absolute Gasteiger partial charge is 0.473 e. The molecule has 1 fully saturated rings. The number of ketones is 1. The van der Waals surface area contributed by atoms with Crippen LogP contribution in [0.3, 0.4) is 0 Å². The molecule has 9 nitrogen and oxygen atoms in total. The molecule has 0 aromatic carbocycles. The van der Waals surface area contributed by atoms with Crippen molar-refractivity contribution in [3.05, 3.63) is 38.9 Å². The van der Waals surface area contributed by atoms with E-state index in [-0.39, 0.29) is 9.99 Å². The van der Waals surface area contributed by atoms with Crippen molar-refractivity contribution in [2.24, 2.45) is 0 Å². The monoisotopic (exact) mass is 480 g/mol. The molecule has 0 saturated carbocycles. The zero-order valence-corrected chi connectivity index (χ0v) is 18.1. The lowest BCUT2D eigenvalue weighted by Gasteiger charge is -2.33. The van der Waals surface area contributed by atoms with Crippen LogP contribution in [0.1, 0.15) is 9.67 Å². The molecule has 0 radical (unpaired) electrons. The standard InChI is InChI=1S/C14H15ClN2O3S3.C2H2O4/c15-13-3-4-14(22-13)23(19,20)17-7-5-16(6-8-17)10-11(18)12-2-1-9-21-12;3-1(4)2(5)6/h1-4,9H,5-8,10H2;(H,3,4)(H,5,6). The second-order valence-electron chi connectivity index (χ2n) is 5.75. The van der Waals surface area contributed by atoms with Crippen LogP contribution >= 0.6 is 34.3 Å². The van der Waals surface area contributed by atoms with E-state index in [1.807, 2.05) is 22.4 Å². The van der Waals surface area contributed by atoms with Crippen LogP contribution < -0.4 is 0 Å². The van der Waals surface area contributed by atoms with Crippen molar-refractivity contribution in [1.82, 2.24) is 9.21 Å². The molecule has 158 valence electrons. The average Bonchev–Trinajstić information content (AvgIpc) is 3.34. The highest BCUT2D eigenvalue weighted by Gasteiger charge is 2.30. The summed E-state index contributed by atoms with van der Waals surface area (Å²) in [5, 5.41) is 16.7. The highest BCUT2D eigenvalue weighted by molar-refractivity contribution is 7.91. The Bertz CT molecular complexity index is 953. The molecule has 0 aliphatic carbocycles. The Balaban J connectivity index is 0.000000438. The van der Waals surface area contributed by atoms with Crippen molar-refractivity contribution in [2.45, 2.75) is 4.21 Å². The van der Waals surface area contributed by atoms with Crippen molar-refractivity contribution < 1.29 is 33.0 Å². The zero-order chi connectivity index (χ0) is 21.6. The molecule has 0 unspecified atom stereocenters. The first-order valence-corrected chi connectivity index (χ1v) is 11.6. The minimum atomic E-state index is -3.48. The van der Waals surface area contributed by atoms with E-state index in [4.69, 9.17) is 31.4 Å². The van der Waals surface area contributed by atoms with Gasteiger partial charge in [-0.25, -0.2) is 18.0 Å². The van der Waals surface area contributed by atoms with Crippen LogP contribution in [0, 0.1) is 0 Å². The van der Waals surface area contributed by atoms with Crippen molar-refractivity contribution >= 4 is 62.0 Å². The van der Waals surface area contributed by atoms with Gasteiger partial charge in [0.25, 0.3) is 10.0 Å². The van der Waals surface area contributed by atoms with E-state index in [2.05, 4.69) is 0 Å². The van der Waals surface area contributed by atoms with Crippen molar-refractivity contribution in [2.75, 3.05) is 32.7 Å². The summed E-state index contributed by atoms with van der Waals surface area (Å²) in [7, 11) is -3.48. The van der Waals surface area contributed by atoms with E-state index in [1.54, 1.807) is 6.07 Å². The lowest BCUT2D eigenvalue weighted by molar-refractivity contribution is -0.159. The van der Waals surface area contributed by atoms with Gasteiger partial charge in [-0.2, -0.15) is 4.31 Å². The number of carboxylic acid groups (broad SMARTS) is 2. The molecule has 0 bridgehead atoms. The van der Waals surface area contributed by atoms with Gasteiger partial charge in [0.2, 0.25) is 0 Å². The van der Waals surface area contributed by atoms with Gasteiger partial charge in [-0.05, 0) is 23.6 Å². The fraction of sp³-hybridized carbons (Fsp3) is 0.312. The number of Topliss-reactive ketones (excluding diaryl/α,β-unsaturated/α-hetero) is 1. The quantitative estimate of drug-likeness (QED) is 0.489.